The molecule has 2 rings (SSSR count). The topological polar surface area (TPSA) is 0 Å². The van der Waals surface area contributed by atoms with E-state index in [1.165, 1.54) is 24.0 Å². The van der Waals surface area contributed by atoms with E-state index in [2.05, 4.69) is 90.1 Å². The van der Waals surface area contributed by atoms with Gasteiger partial charge in [0.15, 0.2) is 0 Å². The monoisotopic (exact) mass is 346 g/mol. The molecule has 0 fully saturated rings. The van der Waals surface area contributed by atoms with Gasteiger partial charge in [-0.05, 0) is 23.0 Å². The Balaban J connectivity index is -0.000000147. The molecule has 146 valence electrons. The van der Waals surface area contributed by atoms with Gasteiger partial charge in [-0.3, -0.25) is 0 Å². The van der Waals surface area contributed by atoms with E-state index in [0.29, 0.717) is 0 Å². The number of hydrogen-bond acceptors (Lipinski definition) is 0. The Morgan fingerprint density at radius 3 is 0.880 bits per heavy atom. The predicted octanol–water partition coefficient (Wildman–Crippen LogP) is 9.37. The van der Waals surface area contributed by atoms with E-state index in [1.807, 2.05) is 12.1 Å². The summed E-state index contributed by atoms with van der Waals surface area (Å²) in [5.41, 5.74) is 2.55. The van der Waals surface area contributed by atoms with Gasteiger partial charge in [-0.2, -0.15) is 0 Å². The molecule has 0 unspecified atom stereocenters. The van der Waals surface area contributed by atoms with Crippen LogP contribution in [0, 0.1) is 11.8 Å². The van der Waals surface area contributed by atoms with Crippen LogP contribution in [0.3, 0.4) is 0 Å². The molecule has 0 saturated carbocycles. The molecule has 0 heterocycles. The molecule has 0 spiro atoms. The Bertz CT molecular complexity index is 394. The molecule has 0 amide bonds. The molecular weight excluding hydrogens is 300 g/mol. The van der Waals surface area contributed by atoms with Crippen LogP contribution in [0.5, 0.6) is 0 Å². The van der Waals surface area contributed by atoms with Gasteiger partial charge in [-0.25, -0.2) is 0 Å². The summed E-state index contributed by atoms with van der Waals surface area (Å²) in [7, 11) is 0. The highest BCUT2D eigenvalue weighted by atomic mass is 14.0. The third-order valence-corrected chi connectivity index (χ3v) is 3.51. The molecule has 0 atom stereocenters. The van der Waals surface area contributed by atoms with Gasteiger partial charge in [0.1, 0.15) is 0 Å². The van der Waals surface area contributed by atoms with Crippen LogP contribution < -0.4 is 0 Å². The first-order chi connectivity index (χ1) is 10.5. The molecule has 2 aromatic rings. The largest absolute Gasteiger partial charge is 0.0776 e. The fraction of sp³-hybridized carbons (Fsp3) is 0.520. The van der Waals surface area contributed by atoms with E-state index in [0.717, 1.165) is 11.8 Å². The smallest absolute Gasteiger partial charge is 0.0184 e. The summed E-state index contributed by atoms with van der Waals surface area (Å²) in [6.07, 6.45) is 2.61. The van der Waals surface area contributed by atoms with Crippen LogP contribution in [0.25, 0.3) is 11.1 Å². The molecule has 0 heteroatoms. The van der Waals surface area contributed by atoms with Crippen LogP contribution >= 0.6 is 0 Å². The summed E-state index contributed by atoms with van der Waals surface area (Å²) in [5, 5.41) is 0. The minimum absolute atomic E-state index is 0. The summed E-state index contributed by atoms with van der Waals surface area (Å²) >= 11 is 0. The second kappa shape index (κ2) is 20.5. The third-order valence-electron chi connectivity index (χ3n) is 3.51. The quantitative estimate of drug-likeness (QED) is 0.519. The lowest BCUT2D eigenvalue weighted by atomic mass is 10.1. The zero-order valence-corrected chi connectivity index (χ0v) is 15.3. The van der Waals surface area contributed by atoms with Gasteiger partial charge in [0.25, 0.3) is 0 Å². The van der Waals surface area contributed by atoms with Crippen molar-refractivity contribution >= 4 is 0 Å². The van der Waals surface area contributed by atoms with Gasteiger partial charge in [0.2, 0.25) is 0 Å². The second-order valence-corrected chi connectivity index (χ2v) is 6.34. The van der Waals surface area contributed by atoms with Crippen LogP contribution in [0.15, 0.2) is 60.7 Å². The lowest BCUT2D eigenvalue weighted by molar-refractivity contribution is 0.626. The van der Waals surface area contributed by atoms with Crippen molar-refractivity contribution in [3.63, 3.8) is 0 Å². The normalized spacial score (nSPS) is 8.48. The molecule has 0 saturated heterocycles. The lowest BCUT2D eigenvalue weighted by Gasteiger charge is -1.98. The van der Waals surface area contributed by atoms with Crippen LogP contribution in [-0.2, 0) is 0 Å². The lowest BCUT2D eigenvalue weighted by Crippen LogP contribution is -1.77. The SMILES string of the molecule is C.C.C.CCC(C)C.CCC(C)C.c1ccc(-c2ccccc2)cc1. The van der Waals surface area contributed by atoms with E-state index >= 15 is 0 Å². The zero-order chi connectivity index (χ0) is 16.8. The van der Waals surface area contributed by atoms with Crippen LogP contribution in [-0.4, -0.2) is 0 Å². The van der Waals surface area contributed by atoms with Crippen molar-refractivity contribution in [2.75, 3.05) is 0 Å². The van der Waals surface area contributed by atoms with Crippen LogP contribution in [0.4, 0.5) is 0 Å². The molecule has 25 heavy (non-hydrogen) atoms. The molecule has 0 bridgehead atoms. The maximum Gasteiger partial charge on any atom is -0.0184 e. The number of rotatable bonds is 3. The van der Waals surface area contributed by atoms with Crippen molar-refractivity contribution in [1.29, 1.82) is 0 Å². The van der Waals surface area contributed by atoms with Crippen molar-refractivity contribution in [2.45, 2.75) is 76.7 Å². The van der Waals surface area contributed by atoms with Gasteiger partial charge >= 0.3 is 0 Å². The van der Waals surface area contributed by atoms with Crippen LogP contribution in [0.2, 0.25) is 0 Å². The Morgan fingerprint density at radius 2 is 0.720 bits per heavy atom. The minimum atomic E-state index is 0. The Labute approximate surface area is 160 Å². The highest BCUT2D eigenvalue weighted by Crippen LogP contribution is 2.17. The third kappa shape index (κ3) is 18.6. The summed E-state index contributed by atoms with van der Waals surface area (Å²) in [5.74, 6) is 1.77. The molecule has 0 nitrogen and oxygen atoms in total. The van der Waals surface area contributed by atoms with Crippen molar-refractivity contribution in [1.82, 2.24) is 0 Å². The molecular formula is C25H46. The van der Waals surface area contributed by atoms with Gasteiger partial charge in [-0.15, -0.1) is 0 Å². The maximum atomic E-state index is 2.22. The fourth-order valence-electron chi connectivity index (χ4n) is 1.26. The average Bonchev–Trinajstić information content (AvgIpc) is 2.57. The Hall–Kier alpha value is -1.56. The van der Waals surface area contributed by atoms with E-state index in [9.17, 15) is 0 Å². The van der Waals surface area contributed by atoms with E-state index in [-0.39, 0.29) is 22.3 Å². The number of hydrogen-bond donors (Lipinski definition) is 0. The van der Waals surface area contributed by atoms with Crippen molar-refractivity contribution < 1.29 is 0 Å². The van der Waals surface area contributed by atoms with Gasteiger partial charge < -0.3 is 0 Å². The van der Waals surface area contributed by atoms with E-state index in [4.69, 9.17) is 0 Å². The van der Waals surface area contributed by atoms with Gasteiger partial charge in [-0.1, -0.05) is 137 Å². The van der Waals surface area contributed by atoms with E-state index < -0.39 is 0 Å². The zero-order valence-electron chi connectivity index (χ0n) is 15.3. The molecule has 0 radical (unpaired) electrons. The Morgan fingerprint density at radius 1 is 0.520 bits per heavy atom. The fourth-order valence-corrected chi connectivity index (χ4v) is 1.26. The number of benzene rings is 2. The minimum Gasteiger partial charge on any atom is -0.0776 e. The van der Waals surface area contributed by atoms with Gasteiger partial charge in [0.05, 0.1) is 0 Å². The molecule has 0 aliphatic rings. The van der Waals surface area contributed by atoms with Crippen LogP contribution in [0.1, 0.15) is 76.7 Å². The second-order valence-electron chi connectivity index (χ2n) is 6.34. The van der Waals surface area contributed by atoms with Gasteiger partial charge in [0, 0.05) is 0 Å². The standard InChI is InChI=1S/C12H10.2C5H12.3CH4/c1-3-7-11(8-4-1)12-9-5-2-6-10-12;2*1-4-5(2)3;;;/h1-10H;2*5H,4H2,1-3H3;3*1H4. The Kier molecular flexibility index (Phi) is 25.6. The average molecular weight is 347 g/mol. The molecule has 0 aliphatic heterocycles. The molecule has 0 aliphatic carbocycles. The molecule has 0 aromatic heterocycles. The van der Waals surface area contributed by atoms with Crippen molar-refractivity contribution in [3.05, 3.63) is 60.7 Å². The summed E-state index contributed by atoms with van der Waals surface area (Å²) in [4.78, 5) is 0. The summed E-state index contributed by atoms with van der Waals surface area (Å²) < 4.78 is 0. The molecule has 0 N–H and O–H groups in total. The maximum absolute atomic E-state index is 2.22. The predicted molar refractivity (Wildman–Crippen MR) is 122 cm³/mol. The highest BCUT2D eigenvalue weighted by molar-refractivity contribution is 5.62. The highest BCUT2D eigenvalue weighted by Gasteiger charge is 1.91. The van der Waals surface area contributed by atoms with Crippen molar-refractivity contribution in [3.8, 4) is 11.1 Å². The van der Waals surface area contributed by atoms with Crippen molar-refractivity contribution in [2.24, 2.45) is 11.8 Å². The first-order valence-electron chi connectivity index (χ1n) is 8.61. The van der Waals surface area contributed by atoms with E-state index in [1.54, 1.807) is 0 Å². The first kappa shape index (κ1) is 31.2. The summed E-state index contributed by atoms with van der Waals surface area (Å²) in [6.45, 7) is 13.3. The first-order valence-corrected chi connectivity index (χ1v) is 8.61. The summed E-state index contributed by atoms with van der Waals surface area (Å²) in [6, 6.07) is 20.8. The molecule has 2 aromatic carbocycles.